The maximum absolute atomic E-state index is 9.10. The van der Waals surface area contributed by atoms with Crippen molar-refractivity contribution in [2.75, 3.05) is 13.2 Å². The molecule has 0 saturated carbocycles. The molecule has 0 aromatic rings. The third-order valence-corrected chi connectivity index (χ3v) is 11.5. The number of aliphatic hydroxyl groups is 1. The summed E-state index contributed by atoms with van der Waals surface area (Å²) in [5.74, 6) is 2.85. The predicted molar refractivity (Wildman–Crippen MR) is 128 cm³/mol. The minimum atomic E-state index is -1.59. The second-order valence-electron chi connectivity index (χ2n) is 11.5. The van der Waals surface area contributed by atoms with Gasteiger partial charge in [-0.1, -0.05) is 93.4 Å². The molecule has 0 saturated heterocycles. The first kappa shape index (κ1) is 28.1. The molecule has 0 radical (unpaired) electrons. The van der Waals surface area contributed by atoms with Crippen LogP contribution in [-0.4, -0.2) is 26.6 Å². The molecule has 0 heterocycles. The van der Waals surface area contributed by atoms with E-state index in [1.165, 1.54) is 57.8 Å². The van der Waals surface area contributed by atoms with Crippen molar-refractivity contribution in [1.82, 2.24) is 0 Å². The van der Waals surface area contributed by atoms with Crippen molar-refractivity contribution in [3.8, 4) is 0 Å². The Bertz CT molecular complexity index is 375. The monoisotopic (exact) mass is 414 g/mol. The Labute approximate surface area is 179 Å². The van der Waals surface area contributed by atoms with Crippen LogP contribution in [0.4, 0.5) is 0 Å². The number of aliphatic hydroxyl groups excluding tert-OH is 1. The topological polar surface area (TPSA) is 29.5 Å². The first-order valence-electron chi connectivity index (χ1n) is 12.1. The third kappa shape index (κ3) is 13.4. The van der Waals surface area contributed by atoms with Crippen LogP contribution in [0.25, 0.3) is 0 Å². The lowest BCUT2D eigenvalue weighted by atomic mass is 9.91. The molecule has 0 aliphatic heterocycles. The van der Waals surface area contributed by atoms with E-state index in [1.54, 1.807) is 0 Å². The Hall–Kier alpha value is 0.137. The van der Waals surface area contributed by atoms with Gasteiger partial charge in [-0.2, -0.15) is 0 Å². The highest BCUT2D eigenvalue weighted by Crippen LogP contribution is 2.37. The fraction of sp³-hybridized carbons (Fsp3) is 1.00. The second kappa shape index (κ2) is 14.2. The number of hydrogen-bond acceptors (Lipinski definition) is 2. The summed E-state index contributed by atoms with van der Waals surface area (Å²) in [7, 11) is -1.59. The van der Waals surface area contributed by atoms with Crippen molar-refractivity contribution < 1.29 is 9.53 Å². The molecule has 0 unspecified atom stereocenters. The first-order valence-corrected chi connectivity index (χ1v) is 15.0. The molecular weight excluding hydrogens is 360 g/mol. The molecule has 170 valence electrons. The van der Waals surface area contributed by atoms with Crippen LogP contribution in [0.3, 0.4) is 0 Å². The van der Waals surface area contributed by atoms with E-state index < -0.39 is 8.32 Å². The standard InChI is InChI=1S/C25H54O2Si/c1-21(15-11-17-23(3)19-26)13-10-14-22(2)16-12-18-24(4)20-27-28(8,9)25(5,6)7/h21-24,26H,10-20H2,1-9H3/t21-,22+,23-,24+/m1/s1. The van der Waals surface area contributed by atoms with E-state index in [-0.39, 0.29) is 0 Å². The van der Waals surface area contributed by atoms with Gasteiger partial charge in [-0.05, 0) is 54.6 Å². The summed E-state index contributed by atoms with van der Waals surface area (Å²) in [5.41, 5.74) is 0. The lowest BCUT2D eigenvalue weighted by molar-refractivity contribution is 0.224. The molecule has 0 aromatic carbocycles. The van der Waals surface area contributed by atoms with Crippen LogP contribution in [0.15, 0.2) is 0 Å². The largest absolute Gasteiger partial charge is 0.417 e. The highest BCUT2D eigenvalue weighted by atomic mass is 28.4. The summed E-state index contributed by atoms with van der Waals surface area (Å²) in [5, 5.41) is 9.41. The zero-order valence-corrected chi connectivity index (χ0v) is 21.9. The maximum Gasteiger partial charge on any atom is 0.191 e. The molecule has 0 spiro atoms. The average Bonchev–Trinajstić information content (AvgIpc) is 2.58. The molecule has 4 atom stereocenters. The van der Waals surface area contributed by atoms with E-state index in [9.17, 15) is 0 Å². The highest BCUT2D eigenvalue weighted by molar-refractivity contribution is 6.74. The molecule has 0 rings (SSSR count). The lowest BCUT2D eigenvalue weighted by Gasteiger charge is -2.37. The smallest absolute Gasteiger partial charge is 0.191 e. The Balaban J connectivity index is 3.77. The Morgan fingerprint density at radius 3 is 1.39 bits per heavy atom. The van der Waals surface area contributed by atoms with E-state index in [4.69, 9.17) is 9.53 Å². The SMILES string of the molecule is C[C@H](CCC[C@H](C)CCC[C@H](C)CO[Si](C)(C)C(C)(C)C)CCC[C@@H](C)CO. The van der Waals surface area contributed by atoms with Crippen LogP contribution in [0.2, 0.25) is 18.1 Å². The van der Waals surface area contributed by atoms with Crippen LogP contribution < -0.4 is 0 Å². The van der Waals surface area contributed by atoms with Gasteiger partial charge >= 0.3 is 0 Å². The van der Waals surface area contributed by atoms with Crippen molar-refractivity contribution in [3.05, 3.63) is 0 Å². The van der Waals surface area contributed by atoms with Crippen LogP contribution in [0.5, 0.6) is 0 Å². The van der Waals surface area contributed by atoms with E-state index in [2.05, 4.69) is 61.6 Å². The van der Waals surface area contributed by atoms with Gasteiger partial charge in [0.2, 0.25) is 0 Å². The van der Waals surface area contributed by atoms with Gasteiger partial charge in [0.05, 0.1) is 0 Å². The summed E-state index contributed by atoms with van der Waals surface area (Å²) >= 11 is 0. The summed E-state index contributed by atoms with van der Waals surface area (Å²) in [6.07, 6.45) is 11.9. The van der Waals surface area contributed by atoms with Gasteiger partial charge in [-0.3, -0.25) is 0 Å². The quantitative estimate of drug-likeness (QED) is 0.259. The zero-order valence-electron chi connectivity index (χ0n) is 20.9. The second-order valence-corrected chi connectivity index (χ2v) is 16.3. The summed E-state index contributed by atoms with van der Waals surface area (Å²) in [4.78, 5) is 0. The van der Waals surface area contributed by atoms with E-state index in [0.717, 1.165) is 18.4 Å². The van der Waals surface area contributed by atoms with E-state index >= 15 is 0 Å². The van der Waals surface area contributed by atoms with Crippen molar-refractivity contribution in [3.63, 3.8) is 0 Å². The first-order chi connectivity index (χ1) is 12.9. The third-order valence-electron chi connectivity index (χ3n) is 7.03. The minimum absolute atomic E-state index is 0.315. The van der Waals surface area contributed by atoms with Gasteiger partial charge in [0, 0.05) is 13.2 Å². The van der Waals surface area contributed by atoms with Crippen molar-refractivity contribution >= 4 is 8.32 Å². The van der Waals surface area contributed by atoms with Gasteiger partial charge < -0.3 is 9.53 Å². The summed E-state index contributed by atoms with van der Waals surface area (Å²) in [6.45, 7) is 22.3. The molecule has 3 heteroatoms. The van der Waals surface area contributed by atoms with E-state index in [1.807, 2.05) is 0 Å². The molecule has 0 amide bonds. The van der Waals surface area contributed by atoms with Crippen LogP contribution in [0.1, 0.15) is 106 Å². The van der Waals surface area contributed by atoms with Crippen LogP contribution in [0, 0.1) is 23.7 Å². The average molecular weight is 415 g/mol. The number of rotatable bonds is 16. The van der Waals surface area contributed by atoms with Gasteiger partial charge in [-0.25, -0.2) is 0 Å². The Morgan fingerprint density at radius 2 is 1.04 bits per heavy atom. The molecule has 28 heavy (non-hydrogen) atoms. The molecular formula is C25H54O2Si. The molecule has 0 bridgehead atoms. The highest BCUT2D eigenvalue weighted by Gasteiger charge is 2.37. The van der Waals surface area contributed by atoms with E-state index in [0.29, 0.717) is 23.5 Å². The van der Waals surface area contributed by atoms with Gasteiger partial charge in [0.25, 0.3) is 0 Å². The molecule has 1 N–H and O–H groups in total. The molecule has 0 aromatic heterocycles. The Kier molecular flexibility index (Phi) is 14.3. The predicted octanol–water partition coefficient (Wildman–Crippen LogP) is 8.06. The Morgan fingerprint density at radius 1 is 0.679 bits per heavy atom. The maximum atomic E-state index is 9.10. The van der Waals surface area contributed by atoms with Crippen molar-refractivity contribution in [2.24, 2.45) is 23.7 Å². The fourth-order valence-electron chi connectivity index (χ4n) is 3.47. The molecule has 0 aliphatic rings. The van der Waals surface area contributed by atoms with Crippen molar-refractivity contribution in [2.45, 2.75) is 124 Å². The normalized spacial score (nSPS) is 17.4. The summed E-state index contributed by atoms with van der Waals surface area (Å²) in [6, 6.07) is 0. The fourth-order valence-corrected chi connectivity index (χ4v) is 4.61. The molecule has 0 aliphatic carbocycles. The molecule has 2 nitrogen and oxygen atoms in total. The van der Waals surface area contributed by atoms with Gasteiger partial charge in [0.15, 0.2) is 8.32 Å². The van der Waals surface area contributed by atoms with Crippen LogP contribution >= 0.6 is 0 Å². The van der Waals surface area contributed by atoms with Gasteiger partial charge in [0.1, 0.15) is 0 Å². The van der Waals surface area contributed by atoms with Gasteiger partial charge in [-0.15, -0.1) is 0 Å². The number of hydrogen-bond donors (Lipinski definition) is 1. The van der Waals surface area contributed by atoms with Crippen molar-refractivity contribution in [1.29, 1.82) is 0 Å². The lowest BCUT2D eigenvalue weighted by Crippen LogP contribution is -2.41. The zero-order chi connectivity index (χ0) is 21.8. The minimum Gasteiger partial charge on any atom is -0.417 e. The summed E-state index contributed by atoms with van der Waals surface area (Å²) < 4.78 is 6.38. The molecule has 0 fully saturated rings. The van der Waals surface area contributed by atoms with Crippen LogP contribution in [-0.2, 0) is 4.43 Å².